The molecule has 3 rings (SSSR count). The van der Waals surface area contributed by atoms with E-state index >= 15 is 0 Å². The Balaban J connectivity index is 0.000000963. The fourth-order valence-corrected chi connectivity index (χ4v) is 3.60. The van der Waals surface area contributed by atoms with Crippen LogP contribution in [0.5, 0.6) is 0 Å². The molecule has 0 aromatic rings. The van der Waals surface area contributed by atoms with E-state index in [0.29, 0.717) is 11.9 Å². The summed E-state index contributed by atoms with van der Waals surface area (Å²) in [5.41, 5.74) is 0. The van der Waals surface area contributed by atoms with E-state index in [-0.39, 0.29) is 18.3 Å². The molecule has 4 heteroatoms. The Morgan fingerprint density at radius 3 is 2.62 bits per heavy atom. The van der Waals surface area contributed by atoms with Gasteiger partial charge in [-0.05, 0) is 44.1 Å². The minimum Gasteiger partial charge on any atom is -0.353 e. The van der Waals surface area contributed by atoms with Crippen molar-refractivity contribution in [2.75, 3.05) is 13.1 Å². The average molecular weight is 245 g/mol. The van der Waals surface area contributed by atoms with Crippen molar-refractivity contribution in [3.8, 4) is 0 Å². The number of carbonyl (C=O) groups excluding carboxylic acids is 1. The Hall–Kier alpha value is -0.280. The Labute approximate surface area is 103 Å². The largest absolute Gasteiger partial charge is 0.353 e. The fourth-order valence-electron chi connectivity index (χ4n) is 3.60. The maximum absolute atomic E-state index is 11.9. The molecule has 3 aliphatic rings. The molecule has 3 nitrogen and oxygen atoms in total. The van der Waals surface area contributed by atoms with Gasteiger partial charge in [-0.15, -0.1) is 12.4 Å². The third-order valence-corrected chi connectivity index (χ3v) is 4.50. The zero-order valence-electron chi connectivity index (χ0n) is 9.58. The highest BCUT2D eigenvalue weighted by Crippen LogP contribution is 2.44. The number of fused-ring (bicyclic) bond motifs is 2. The van der Waals surface area contributed by atoms with Gasteiger partial charge in [0, 0.05) is 12.6 Å². The Bertz CT molecular complexity index is 266. The van der Waals surface area contributed by atoms with Crippen molar-refractivity contribution in [1.29, 1.82) is 0 Å². The number of nitrogens with one attached hydrogen (secondary N) is 2. The van der Waals surface area contributed by atoms with Crippen molar-refractivity contribution < 1.29 is 4.79 Å². The second-order valence-electron chi connectivity index (χ2n) is 5.48. The molecule has 2 saturated carbocycles. The van der Waals surface area contributed by atoms with Crippen LogP contribution in [0.15, 0.2) is 0 Å². The molecule has 2 bridgehead atoms. The second-order valence-corrected chi connectivity index (χ2v) is 5.48. The summed E-state index contributed by atoms with van der Waals surface area (Å²) in [6.45, 7) is 1.89. The number of hydrogen-bond donors (Lipinski definition) is 2. The van der Waals surface area contributed by atoms with Crippen LogP contribution >= 0.6 is 12.4 Å². The third kappa shape index (κ3) is 2.21. The molecule has 0 radical (unpaired) electrons. The van der Waals surface area contributed by atoms with E-state index in [1.165, 1.54) is 25.7 Å². The van der Waals surface area contributed by atoms with Crippen LogP contribution in [-0.2, 0) is 4.79 Å². The fraction of sp³-hybridized carbons (Fsp3) is 0.917. The third-order valence-electron chi connectivity index (χ3n) is 4.50. The van der Waals surface area contributed by atoms with E-state index in [1.807, 2.05) is 0 Å². The molecule has 2 aliphatic carbocycles. The Morgan fingerprint density at radius 1 is 1.19 bits per heavy atom. The van der Waals surface area contributed by atoms with Crippen LogP contribution in [0.4, 0.5) is 0 Å². The Morgan fingerprint density at radius 2 is 2.06 bits per heavy atom. The molecule has 4 atom stereocenters. The highest BCUT2D eigenvalue weighted by molar-refractivity contribution is 5.85. The standard InChI is InChI=1S/C12H20N2O.ClH/c15-12(10-3-4-13-7-10)14-11-6-8-1-2-9(11)5-8;/h8-11,13H,1-7H2,(H,14,15);1H/t8?,9?,10-,11?;/m1./s1. The first-order valence-corrected chi connectivity index (χ1v) is 6.34. The topological polar surface area (TPSA) is 41.1 Å². The van der Waals surface area contributed by atoms with Crippen LogP contribution in [0, 0.1) is 17.8 Å². The summed E-state index contributed by atoms with van der Waals surface area (Å²) in [5, 5.41) is 6.52. The summed E-state index contributed by atoms with van der Waals surface area (Å²) >= 11 is 0. The van der Waals surface area contributed by atoms with Crippen LogP contribution in [0.2, 0.25) is 0 Å². The van der Waals surface area contributed by atoms with Gasteiger partial charge < -0.3 is 10.6 Å². The molecule has 0 spiro atoms. The quantitative estimate of drug-likeness (QED) is 0.770. The molecule has 1 saturated heterocycles. The lowest BCUT2D eigenvalue weighted by Gasteiger charge is -2.24. The normalized spacial score (nSPS) is 40.8. The van der Waals surface area contributed by atoms with Crippen molar-refractivity contribution in [3.05, 3.63) is 0 Å². The predicted octanol–water partition coefficient (Wildman–Crippen LogP) is 1.32. The molecule has 2 N–H and O–H groups in total. The molecule has 1 heterocycles. The van der Waals surface area contributed by atoms with Crippen molar-refractivity contribution in [3.63, 3.8) is 0 Å². The van der Waals surface area contributed by atoms with Crippen LogP contribution in [0.3, 0.4) is 0 Å². The van der Waals surface area contributed by atoms with E-state index in [1.54, 1.807) is 0 Å². The lowest BCUT2D eigenvalue weighted by atomic mass is 9.94. The molecule has 3 unspecified atom stereocenters. The zero-order valence-corrected chi connectivity index (χ0v) is 10.4. The van der Waals surface area contributed by atoms with Crippen LogP contribution in [0.1, 0.15) is 32.1 Å². The number of amides is 1. The Kier molecular flexibility index (Phi) is 3.75. The van der Waals surface area contributed by atoms with Crippen LogP contribution in [-0.4, -0.2) is 25.0 Å². The van der Waals surface area contributed by atoms with Gasteiger partial charge in [0.15, 0.2) is 0 Å². The first-order chi connectivity index (χ1) is 7.33. The number of halogens is 1. The molecule has 92 valence electrons. The summed E-state index contributed by atoms with van der Waals surface area (Å²) in [6.07, 6.45) is 6.39. The van der Waals surface area contributed by atoms with Gasteiger partial charge in [0.1, 0.15) is 0 Å². The lowest BCUT2D eigenvalue weighted by Crippen LogP contribution is -2.42. The van der Waals surface area contributed by atoms with E-state index in [4.69, 9.17) is 0 Å². The monoisotopic (exact) mass is 244 g/mol. The van der Waals surface area contributed by atoms with Crippen LogP contribution in [0.25, 0.3) is 0 Å². The van der Waals surface area contributed by atoms with Gasteiger partial charge in [-0.3, -0.25) is 4.79 Å². The SMILES string of the molecule is Cl.O=C(NC1CC2CCC1C2)[C@@H]1CCNC1. The van der Waals surface area contributed by atoms with Crippen molar-refractivity contribution >= 4 is 18.3 Å². The first-order valence-electron chi connectivity index (χ1n) is 6.34. The molecule has 3 fully saturated rings. The van der Waals surface area contributed by atoms with Gasteiger partial charge in [-0.25, -0.2) is 0 Å². The molecule has 0 aromatic heterocycles. The highest BCUT2D eigenvalue weighted by atomic mass is 35.5. The van der Waals surface area contributed by atoms with E-state index in [0.717, 1.165) is 31.3 Å². The second kappa shape index (κ2) is 4.92. The first kappa shape index (κ1) is 12.2. The molecular formula is C12H21ClN2O. The van der Waals surface area contributed by atoms with Gasteiger partial charge in [0.25, 0.3) is 0 Å². The number of carbonyl (C=O) groups is 1. The van der Waals surface area contributed by atoms with Crippen molar-refractivity contribution in [2.24, 2.45) is 17.8 Å². The lowest BCUT2D eigenvalue weighted by molar-refractivity contribution is -0.125. The van der Waals surface area contributed by atoms with E-state index in [9.17, 15) is 4.79 Å². The maximum Gasteiger partial charge on any atom is 0.224 e. The predicted molar refractivity (Wildman–Crippen MR) is 65.6 cm³/mol. The smallest absolute Gasteiger partial charge is 0.224 e. The summed E-state index contributed by atoms with van der Waals surface area (Å²) in [5.74, 6) is 2.26. The van der Waals surface area contributed by atoms with Gasteiger partial charge in [0.05, 0.1) is 5.92 Å². The van der Waals surface area contributed by atoms with E-state index in [2.05, 4.69) is 10.6 Å². The van der Waals surface area contributed by atoms with Gasteiger partial charge >= 0.3 is 0 Å². The summed E-state index contributed by atoms with van der Waals surface area (Å²) in [6, 6.07) is 0.511. The zero-order chi connectivity index (χ0) is 10.3. The highest BCUT2D eigenvalue weighted by Gasteiger charge is 2.40. The summed E-state index contributed by atoms with van der Waals surface area (Å²) in [4.78, 5) is 11.9. The summed E-state index contributed by atoms with van der Waals surface area (Å²) in [7, 11) is 0. The number of hydrogen-bond acceptors (Lipinski definition) is 2. The van der Waals surface area contributed by atoms with Gasteiger partial charge in [-0.1, -0.05) is 6.42 Å². The van der Waals surface area contributed by atoms with Gasteiger partial charge in [-0.2, -0.15) is 0 Å². The van der Waals surface area contributed by atoms with Crippen LogP contribution < -0.4 is 10.6 Å². The van der Waals surface area contributed by atoms with Crippen molar-refractivity contribution in [1.82, 2.24) is 10.6 Å². The summed E-state index contributed by atoms with van der Waals surface area (Å²) < 4.78 is 0. The van der Waals surface area contributed by atoms with Gasteiger partial charge in [0.2, 0.25) is 5.91 Å². The maximum atomic E-state index is 11.9. The minimum atomic E-state index is 0. The molecule has 16 heavy (non-hydrogen) atoms. The number of rotatable bonds is 2. The molecule has 0 aromatic carbocycles. The minimum absolute atomic E-state index is 0. The van der Waals surface area contributed by atoms with Crippen molar-refractivity contribution in [2.45, 2.75) is 38.1 Å². The average Bonchev–Trinajstić information content (AvgIpc) is 2.95. The molecular weight excluding hydrogens is 224 g/mol. The molecule has 1 aliphatic heterocycles. The molecule has 1 amide bonds. The van der Waals surface area contributed by atoms with E-state index < -0.39 is 0 Å².